The second-order valence-electron chi connectivity index (χ2n) is 1.93. The zero-order chi connectivity index (χ0) is 7.33. The van der Waals surface area contributed by atoms with Gasteiger partial charge in [0.1, 0.15) is 0 Å². The second-order valence-corrected chi connectivity index (χ2v) is 1.93. The highest BCUT2D eigenvalue weighted by Crippen LogP contribution is 2.17. The van der Waals surface area contributed by atoms with Crippen LogP contribution in [-0.2, 0) is 0 Å². The van der Waals surface area contributed by atoms with Gasteiger partial charge < -0.3 is 18.1 Å². The summed E-state index contributed by atoms with van der Waals surface area (Å²) >= 11 is 0. The van der Waals surface area contributed by atoms with Gasteiger partial charge in [0.05, 0.1) is 0 Å². The molecule has 0 saturated carbocycles. The number of hydrogen-bond donors (Lipinski definition) is 1. The Balaban J connectivity index is 3.07. The maximum absolute atomic E-state index is 11.4. The summed E-state index contributed by atoms with van der Waals surface area (Å²) in [5, 5.41) is 8.10. The fraction of sp³-hybridized carbons (Fsp3) is 1.00. The van der Waals surface area contributed by atoms with Crippen LogP contribution < -0.4 is 0 Å². The molecule has 0 radical (unpaired) electrons. The third-order valence-electron chi connectivity index (χ3n) is 0.940. The summed E-state index contributed by atoms with van der Waals surface area (Å²) in [6, 6.07) is 0. The number of hydrogen-bond acceptors (Lipinski definition) is 1. The Kier molecular flexibility index (Phi) is 3.69. The Labute approximate surface area is 51.9 Å². The number of aliphatic hydroxyl groups is 1. The Bertz CT molecular complexity index is 72.7. The Morgan fingerprint density at radius 2 is 1.67 bits per heavy atom. The summed E-state index contributed by atoms with van der Waals surface area (Å²) < 4.78 is 34.1. The van der Waals surface area contributed by atoms with Crippen LogP contribution in [0.15, 0.2) is 0 Å². The summed E-state index contributed by atoms with van der Waals surface area (Å²) in [5.74, 6) is 0. The van der Waals surface area contributed by atoms with Gasteiger partial charge in [-0.1, -0.05) is 12.7 Å². The zero-order valence-electron chi connectivity index (χ0n) is 4.99. The molecule has 1 nitrogen and oxygen atoms in total. The predicted octanol–water partition coefficient (Wildman–Crippen LogP) is 1.61. The van der Waals surface area contributed by atoms with Crippen LogP contribution in [-0.4, -0.2) is 18.7 Å². The van der Waals surface area contributed by atoms with Gasteiger partial charge in [-0.25, -0.2) is 0 Å². The summed E-state index contributed by atoms with van der Waals surface area (Å²) in [7, 11) is 0. The quantitative estimate of drug-likeness (QED) is 0.465. The van der Waals surface area contributed by atoms with E-state index >= 15 is 0 Å². The van der Waals surface area contributed by atoms with Crippen molar-refractivity contribution < 1.29 is 18.1 Å². The molecule has 0 bridgehead atoms. The van der Waals surface area contributed by atoms with Crippen LogP contribution in [0.25, 0.3) is 0 Å². The van der Waals surface area contributed by atoms with E-state index < -0.39 is 13.3 Å². The molecular formula is C4H9BF3O-. The van der Waals surface area contributed by atoms with Crippen LogP contribution in [0.4, 0.5) is 12.9 Å². The van der Waals surface area contributed by atoms with E-state index in [9.17, 15) is 12.9 Å². The van der Waals surface area contributed by atoms with Crippen molar-refractivity contribution in [2.24, 2.45) is 0 Å². The van der Waals surface area contributed by atoms with Gasteiger partial charge in [-0.2, -0.15) is 0 Å². The minimum Gasteiger partial charge on any atom is -0.449 e. The normalized spacial score (nSPS) is 12.0. The molecule has 0 saturated heterocycles. The molecule has 0 aromatic heterocycles. The van der Waals surface area contributed by atoms with Gasteiger partial charge in [0.15, 0.2) is 0 Å². The smallest absolute Gasteiger partial charge is 0.449 e. The highest BCUT2D eigenvalue weighted by molar-refractivity contribution is 6.58. The minimum absolute atomic E-state index is 0.0556. The van der Waals surface area contributed by atoms with E-state index in [2.05, 4.69) is 0 Å². The van der Waals surface area contributed by atoms with E-state index in [1.807, 2.05) is 0 Å². The summed E-state index contributed by atoms with van der Waals surface area (Å²) in [6.07, 6.45) is -0.415. The third-order valence-corrected chi connectivity index (χ3v) is 0.940. The molecule has 0 aliphatic heterocycles. The number of unbranched alkanes of at least 4 members (excludes halogenated alkanes) is 1. The van der Waals surface area contributed by atoms with Gasteiger partial charge in [0, 0.05) is 6.61 Å². The lowest BCUT2D eigenvalue weighted by Crippen LogP contribution is -2.13. The molecule has 0 amide bonds. The second kappa shape index (κ2) is 3.77. The molecule has 9 heavy (non-hydrogen) atoms. The number of aliphatic hydroxyl groups excluding tert-OH is 1. The van der Waals surface area contributed by atoms with Crippen molar-refractivity contribution in [1.82, 2.24) is 0 Å². The van der Waals surface area contributed by atoms with E-state index in [1.54, 1.807) is 0 Å². The first-order valence-corrected chi connectivity index (χ1v) is 2.88. The molecule has 0 aromatic carbocycles. The maximum atomic E-state index is 11.4. The average molecular weight is 141 g/mol. The molecular weight excluding hydrogens is 132 g/mol. The number of halogens is 3. The fourth-order valence-corrected chi connectivity index (χ4v) is 0.488. The predicted molar refractivity (Wildman–Crippen MR) is 30.2 cm³/mol. The molecule has 0 heterocycles. The molecule has 0 atom stereocenters. The van der Waals surface area contributed by atoms with Crippen molar-refractivity contribution >= 4 is 6.98 Å². The highest BCUT2D eigenvalue weighted by Gasteiger charge is 2.20. The van der Waals surface area contributed by atoms with Gasteiger partial charge in [0.2, 0.25) is 0 Å². The lowest BCUT2D eigenvalue weighted by atomic mass is 9.84. The average Bonchev–Trinajstić information content (AvgIpc) is 1.63. The van der Waals surface area contributed by atoms with Crippen LogP contribution in [0.5, 0.6) is 0 Å². The van der Waals surface area contributed by atoms with Gasteiger partial charge in [0.25, 0.3) is 0 Å². The Morgan fingerprint density at radius 3 is 2.00 bits per heavy atom. The minimum atomic E-state index is -4.62. The highest BCUT2D eigenvalue weighted by atomic mass is 19.4. The van der Waals surface area contributed by atoms with E-state index in [0.717, 1.165) is 0 Å². The molecule has 0 aliphatic carbocycles. The summed E-state index contributed by atoms with van der Waals surface area (Å²) in [5.41, 5.74) is 0. The Hall–Kier alpha value is -0.185. The van der Waals surface area contributed by atoms with Crippen molar-refractivity contribution in [1.29, 1.82) is 0 Å². The zero-order valence-corrected chi connectivity index (χ0v) is 4.99. The monoisotopic (exact) mass is 141 g/mol. The fourth-order valence-electron chi connectivity index (χ4n) is 0.488. The Morgan fingerprint density at radius 1 is 1.11 bits per heavy atom. The molecule has 0 rings (SSSR count). The summed E-state index contributed by atoms with van der Waals surface area (Å²) in [4.78, 5) is 0. The molecule has 56 valence electrons. The lowest BCUT2D eigenvalue weighted by Gasteiger charge is -2.11. The third kappa shape index (κ3) is 7.81. The molecule has 0 unspecified atom stereocenters. The van der Waals surface area contributed by atoms with Crippen molar-refractivity contribution in [2.45, 2.75) is 19.2 Å². The van der Waals surface area contributed by atoms with Crippen LogP contribution >= 0.6 is 0 Å². The largest absolute Gasteiger partial charge is 0.478 e. The van der Waals surface area contributed by atoms with E-state index in [1.165, 1.54) is 0 Å². The molecule has 0 fully saturated rings. The van der Waals surface area contributed by atoms with Crippen LogP contribution in [0.3, 0.4) is 0 Å². The van der Waals surface area contributed by atoms with Crippen LogP contribution in [0.2, 0.25) is 6.32 Å². The molecule has 0 spiro atoms. The first-order valence-electron chi connectivity index (χ1n) is 2.88. The van der Waals surface area contributed by atoms with Crippen LogP contribution in [0.1, 0.15) is 12.8 Å². The first-order chi connectivity index (χ1) is 4.06. The van der Waals surface area contributed by atoms with Gasteiger partial charge in [-0.3, -0.25) is 0 Å². The topological polar surface area (TPSA) is 20.2 Å². The molecule has 0 aromatic rings. The van der Waals surface area contributed by atoms with E-state index in [0.29, 0.717) is 0 Å². The molecule has 1 N–H and O–H groups in total. The lowest BCUT2D eigenvalue weighted by molar-refractivity contribution is 0.285. The number of rotatable bonds is 4. The van der Waals surface area contributed by atoms with E-state index in [-0.39, 0.29) is 19.4 Å². The maximum Gasteiger partial charge on any atom is 0.478 e. The van der Waals surface area contributed by atoms with E-state index in [4.69, 9.17) is 5.11 Å². The van der Waals surface area contributed by atoms with Crippen molar-refractivity contribution in [3.63, 3.8) is 0 Å². The molecule has 5 heteroatoms. The van der Waals surface area contributed by atoms with Crippen molar-refractivity contribution in [2.75, 3.05) is 6.61 Å². The van der Waals surface area contributed by atoms with Crippen molar-refractivity contribution in [3.05, 3.63) is 0 Å². The van der Waals surface area contributed by atoms with Crippen molar-refractivity contribution in [3.8, 4) is 0 Å². The standard InChI is InChI=1S/C4H9BF3O/c6-5(7,8)3-1-2-4-9/h9H,1-4H2/q-1. The molecule has 0 aliphatic rings. The first kappa shape index (κ1) is 8.81. The van der Waals surface area contributed by atoms with Crippen LogP contribution in [0, 0.1) is 0 Å². The summed E-state index contributed by atoms with van der Waals surface area (Å²) in [6.45, 7) is -4.77. The van der Waals surface area contributed by atoms with Gasteiger partial charge in [-0.15, -0.1) is 0 Å². The SMILES string of the molecule is OCCCC[B-](F)(F)F. The van der Waals surface area contributed by atoms with Gasteiger partial charge in [-0.05, 0) is 6.42 Å². The van der Waals surface area contributed by atoms with Gasteiger partial charge >= 0.3 is 6.98 Å².